The van der Waals surface area contributed by atoms with E-state index in [9.17, 15) is 4.79 Å². The van der Waals surface area contributed by atoms with E-state index in [1.54, 1.807) is 0 Å². The molecule has 0 aromatic heterocycles. The van der Waals surface area contributed by atoms with Crippen molar-refractivity contribution in [2.75, 3.05) is 0 Å². The smallest absolute Gasteiger partial charge is 0.155 e. The number of rotatable bonds is 5. The lowest BCUT2D eigenvalue weighted by Gasteiger charge is -2.04. The van der Waals surface area contributed by atoms with Crippen LogP contribution in [0.5, 0.6) is 0 Å². The van der Waals surface area contributed by atoms with E-state index in [-0.39, 0.29) is 11.8 Å². The molecule has 1 unspecified atom stereocenters. The van der Waals surface area contributed by atoms with Crippen LogP contribution in [0, 0.1) is 0 Å². The lowest BCUT2D eigenvalue weighted by molar-refractivity contribution is -0.114. The average molecular weight is 141 g/mol. The van der Waals surface area contributed by atoms with Crippen LogP contribution in [0.4, 0.5) is 0 Å². The summed E-state index contributed by atoms with van der Waals surface area (Å²) in [5.74, 6) is 0.0869. The fourth-order valence-electron chi connectivity index (χ4n) is 0.634. The predicted molar refractivity (Wildman–Crippen MR) is 42.7 cm³/mol. The van der Waals surface area contributed by atoms with Gasteiger partial charge in [0.15, 0.2) is 5.78 Å². The summed E-state index contributed by atoms with van der Waals surface area (Å²) in [4.78, 5) is 10.7. The maximum Gasteiger partial charge on any atom is 0.155 e. The molecule has 0 fully saturated rings. The standard InChI is InChI=1S/C8H15NO/c1-3-7(9)5-6-8(10)4-2/h4,7H,2-3,5-6,9H2,1H3. The Morgan fingerprint density at radius 3 is 2.80 bits per heavy atom. The van der Waals surface area contributed by atoms with Gasteiger partial charge in [-0.2, -0.15) is 0 Å². The molecule has 1 atom stereocenters. The van der Waals surface area contributed by atoms with Gasteiger partial charge in [-0.3, -0.25) is 4.79 Å². The Labute approximate surface area is 62.1 Å². The van der Waals surface area contributed by atoms with Crippen LogP contribution in [-0.2, 0) is 4.79 Å². The molecule has 0 saturated carbocycles. The Morgan fingerprint density at radius 1 is 1.80 bits per heavy atom. The first-order valence-corrected chi connectivity index (χ1v) is 3.61. The number of nitrogens with two attached hydrogens (primary N) is 1. The first kappa shape index (κ1) is 9.37. The molecule has 2 heteroatoms. The Balaban J connectivity index is 3.34. The van der Waals surface area contributed by atoms with Crippen molar-refractivity contribution < 1.29 is 4.79 Å². The summed E-state index contributed by atoms with van der Waals surface area (Å²) < 4.78 is 0. The second-order valence-electron chi connectivity index (χ2n) is 2.38. The van der Waals surface area contributed by atoms with Crippen molar-refractivity contribution in [3.8, 4) is 0 Å². The van der Waals surface area contributed by atoms with Crippen LogP contribution >= 0.6 is 0 Å². The van der Waals surface area contributed by atoms with Crippen molar-refractivity contribution in [2.24, 2.45) is 5.73 Å². The summed E-state index contributed by atoms with van der Waals surface area (Å²) in [5.41, 5.74) is 5.59. The van der Waals surface area contributed by atoms with Crippen LogP contribution in [0.2, 0.25) is 0 Å². The molecule has 2 N–H and O–H groups in total. The largest absolute Gasteiger partial charge is 0.328 e. The highest BCUT2D eigenvalue weighted by atomic mass is 16.1. The van der Waals surface area contributed by atoms with E-state index in [1.165, 1.54) is 6.08 Å². The van der Waals surface area contributed by atoms with Gasteiger partial charge in [-0.1, -0.05) is 13.5 Å². The van der Waals surface area contributed by atoms with Crippen molar-refractivity contribution >= 4 is 5.78 Å². The maximum absolute atomic E-state index is 10.7. The number of hydrogen-bond donors (Lipinski definition) is 1. The van der Waals surface area contributed by atoms with Crippen molar-refractivity contribution in [1.82, 2.24) is 0 Å². The minimum Gasteiger partial charge on any atom is -0.328 e. The van der Waals surface area contributed by atoms with Gasteiger partial charge in [0.25, 0.3) is 0 Å². The molecule has 0 aliphatic heterocycles. The third kappa shape index (κ3) is 4.27. The minimum atomic E-state index is 0.0869. The van der Waals surface area contributed by atoms with Gasteiger partial charge in [0.2, 0.25) is 0 Å². The summed E-state index contributed by atoms with van der Waals surface area (Å²) in [6.07, 6.45) is 3.60. The zero-order chi connectivity index (χ0) is 7.98. The SMILES string of the molecule is C=CC(=O)CCC(N)CC. The summed E-state index contributed by atoms with van der Waals surface area (Å²) in [7, 11) is 0. The number of allylic oxidation sites excluding steroid dienone is 1. The van der Waals surface area contributed by atoms with Gasteiger partial charge >= 0.3 is 0 Å². The van der Waals surface area contributed by atoms with E-state index >= 15 is 0 Å². The second kappa shape index (κ2) is 5.18. The monoisotopic (exact) mass is 141 g/mol. The molecule has 2 nitrogen and oxygen atoms in total. The second-order valence-corrected chi connectivity index (χ2v) is 2.38. The Morgan fingerprint density at radius 2 is 2.40 bits per heavy atom. The van der Waals surface area contributed by atoms with E-state index in [0.717, 1.165) is 12.8 Å². The Kier molecular flexibility index (Phi) is 4.85. The fraction of sp³-hybridized carbons (Fsp3) is 0.625. The zero-order valence-electron chi connectivity index (χ0n) is 6.47. The summed E-state index contributed by atoms with van der Waals surface area (Å²) in [5, 5.41) is 0. The summed E-state index contributed by atoms with van der Waals surface area (Å²) in [6.45, 7) is 5.39. The molecule has 0 rings (SSSR count). The summed E-state index contributed by atoms with van der Waals surface area (Å²) in [6, 6.07) is 0.170. The van der Waals surface area contributed by atoms with E-state index in [0.29, 0.717) is 6.42 Å². The zero-order valence-corrected chi connectivity index (χ0v) is 6.47. The molecule has 0 spiro atoms. The number of hydrogen-bond acceptors (Lipinski definition) is 2. The highest BCUT2D eigenvalue weighted by molar-refractivity contribution is 5.88. The molecule has 0 radical (unpaired) electrons. The third-order valence-electron chi connectivity index (χ3n) is 1.51. The molecule has 0 aliphatic rings. The molecule has 0 aromatic rings. The third-order valence-corrected chi connectivity index (χ3v) is 1.51. The van der Waals surface area contributed by atoms with Gasteiger partial charge in [-0.05, 0) is 18.9 Å². The van der Waals surface area contributed by atoms with Crippen molar-refractivity contribution in [3.63, 3.8) is 0 Å². The van der Waals surface area contributed by atoms with Gasteiger partial charge in [0, 0.05) is 12.5 Å². The predicted octanol–water partition coefficient (Wildman–Crippen LogP) is 1.26. The topological polar surface area (TPSA) is 43.1 Å². The summed E-state index contributed by atoms with van der Waals surface area (Å²) >= 11 is 0. The van der Waals surface area contributed by atoms with Crippen molar-refractivity contribution in [2.45, 2.75) is 32.2 Å². The van der Waals surface area contributed by atoms with E-state index < -0.39 is 0 Å². The molecule has 0 bridgehead atoms. The quantitative estimate of drug-likeness (QED) is 0.586. The van der Waals surface area contributed by atoms with Crippen molar-refractivity contribution in [3.05, 3.63) is 12.7 Å². The van der Waals surface area contributed by atoms with Crippen LogP contribution in [0.15, 0.2) is 12.7 Å². The normalized spacial score (nSPS) is 12.6. The molecular weight excluding hydrogens is 126 g/mol. The molecule has 0 amide bonds. The van der Waals surface area contributed by atoms with Crippen LogP contribution in [-0.4, -0.2) is 11.8 Å². The highest BCUT2D eigenvalue weighted by Gasteiger charge is 2.01. The van der Waals surface area contributed by atoms with Crippen molar-refractivity contribution in [1.29, 1.82) is 0 Å². The highest BCUT2D eigenvalue weighted by Crippen LogP contribution is 1.98. The lowest BCUT2D eigenvalue weighted by atomic mass is 10.1. The van der Waals surface area contributed by atoms with Gasteiger partial charge < -0.3 is 5.73 Å². The van der Waals surface area contributed by atoms with E-state index in [4.69, 9.17) is 5.73 Å². The molecule has 0 aliphatic carbocycles. The molecular formula is C8H15NO. The van der Waals surface area contributed by atoms with Gasteiger partial charge in [0.1, 0.15) is 0 Å². The minimum absolute atomic E-state index is 0.0869. The number of carbonyl (C=O) groups is 1. The van der Waals surface area contributed by atoms with Crippen LogP contribution in [0.25, 0.3) is 0 Å². The maximum atomic E-state index is 10.7. The van der Waals surface area contributed by atoms with Crippen LogP contribution < -0.4 is 5.73 Å². The first-order valence-electron chi connectivity index (χ1n) is 3.61. The van der Waals surface area contributed by atoms with Gasteiger partial charge in [-0.15, -0.1) is 0 Å². The lowest BCUT2D eigenvalue weighted by Crippen LogP contribution is -2.19. The fourth-order valence-corrected chi connectivity index (χ4v) is 0.634. The van der Waals surface area contributed by atoms with Crippen LogP contribution in [0.1, 0.15) is 26.2 Å². The number of carbonyl (C=O) groups excluding carboxylic acids is 1. The Bertz CT molecular complexity index is 120. The molecule has 10 heavy (non-hydrogen) atoms. The molecule has 58 valence electrons. The molecule has 0 aromatic carbocycles. The Hall–Kier alpha value is -0.630. The molecule has 0 saturated heterocycles. The van der Waals surface area contributed by atoms with Crippen LogP contribution in [0.3, 0.4) is 0 Å². The number of ketones is 1. The van der Waals surface area contributed by atoms with Gasteiger partial charge in [-0.25, -0.2) is 0 Å². The van der Waals surface area contributed by atoms with Gasteiger partial charge in [0.05, 0.1) is 0 Å². The average Bonchev–Trinajstić information content (AvgIpc) is 1.99. The van der Waals surface area contributed by atoms with E-state index in [2.05, 4.69) is 6.58 Å². The van der Waals surface area contributed by atoms with E-state index in [1.807, 2.05) is 6.92 Å². The first-order chi connectivity index (χ1) is 4.70. The molecule has 0 heterocycles.